The fraction of sp³-hybridized carbons (Fsp3) is 0.231. The average molecular weight is 213 g/mol. The molecule has 1 heterocycles. The summed E-state index contributed by atoms with van der Waals surface area (Å²) in [6.07, 6.45) is 3.88. The number of hydrogen-bond donors (Lipinski definition) is 1. The van der Waals surface area contributed by atoms with Gasteiger partial charge < -0.3 is 5.73 Å². The summed E-state index contributed by atoms with van der Waals surface area (Å²) in [4.78, 5) is 8.77. The van der Waals surface area contributed by atoms with Crippen LogP contribution in [0.5, 0.6) is 0 Å². The minimum absolute atomic E-state index is 0.738. The van der Waals surface area contributed by atoms with Crippen molar-refractivity contribution in [1.82, 2.24) is 9.97 Å². The first-order valence-electron chi connectivity index (χ1n) is 5.47. The van der Waals surface area contributed by atoms with E-state index in [9.17, 15) is 0 Å². The highest BCUT2D eigenvalue weighted by Crippen LogP contribution is 2.17. The Bertz CT molecular complexity index is 480. The van der Waals surface area contributed by atoms with Crippen LogP contribution in [0, 0.1) is 0 Å². The zero-order chi connectivity index (χ0) is 11.4. The fourth-order valence-corrected chi connectivity index (χ4v) is 1.61. The molecule has 3 heteroatoms. The molecule has 0 radical (unpaired) electrons. The Balaban J connectivity index is 2.36. The minimum atomic E-state index is 0.738. The highest BCUT2D eigenvalue weighted by atomic mass is 14.9. The molecule has 1 aromatic heterocycles. The van der Waals surface area contributed by atoms with Gasteiger partial charge in [-0.15, -0.1) is 0 Å². The highest BCUT2D eigenvalue weighted by molar-refractivity contribution is 5.60. The Hall–Kier alpha value is -1.90. The van der Waals surface area contributed by atoms with Crippen molar-refractivity contribution in [3.8, 4) is 11.4 Å². The Kier molecular flexibility index (Phi) is 3.15. The van der Waals surface area contributed by atoms with Gasteiger partial charge in [0, 0.05) is 23.1 Å². The predicted octanol–water partition coefficient (Wildman–Crippen LogP) is 2.68. The topological polar surface area (TPSA) is 51.8 Å². The van der Waals surface area contributed by atoms with Crippen LogP contribution < -0.4 is 5.73 Å². The number of anilines is 1. The Morgan fingerprint density at radius 2 is 2.12 bits per heavy atom. The average Bonchev–Trinajstić information content (AvgIpc) is 2.30. The van der Waals surface area contributed by atoms with Gasteiger partial charge in [-0.25, -0.2) is 9.97 Å². The zero-order valence-electron chi connectivity index (χ0n) is 9.35. The van der Waals surface area contributed by atoms with Crippen LogP contribution in [-0.2, 0) is 6.42 Å². The van der Waals surface area contributed by atoms with Crippen LogP contribution in [0.1, 0.15) is 19.0 Å². The van der Waals surface area contributed by atoms with Crippen LogP contribution >= 0.6 is 0 Å². The number of hydrogen-bond acceptors (Lipinski definition) is 3. The Labute approximate surface area is 95.4 Å². The number of aromatic nitrogens is 2. The summed E-state index contributed by atoms with van der Waals surface area (Å²) in [5.74, 6) is 0.748. The van der Waals surface area contributed by atoms with Crippen molar-refractivity contribution in [2.45, 2.75) is 19.8 Å². The number of nitrogen functional groups attached to an aromatic ring is 1. The van der Waals surface area contributed by atoms with Crippen LogP contribution in [0.2, 0.25) is 0 Å². The van der Waals surface area contributed by atoms with E-state index in [1.807, 2.05) is 30.3 Å². The molecule has 2 aromatic rings. The Morgan fingerprint density at radius 1 is 1.25 bits per heavy atom. The molecular formula is C13H15N3. The van der Waals surface area contributed by atoms with Gasteiger partial charge in [0.2, 0.25) is 0 Å². The molecule has 0 saturated heterocycles. The van der Waals surface area contributed by atoms with E-state index < -0.39 is 0 Å². The summed E-state index contributed by atoms with van der Waals surface area (Å²) in [7, 11) is 0. The predicted molar refractivity (Wildman–Crippen MR) is 65.9 cm³/mol. The molecule has 0 aliphatic heterocycles. The van der Waals surface area contributed by atoms with Gasteiger partial charge >= 0.3 is 0 Å². The summed E-state index contributed by atoms with van der Waals surface area (Å²) in [5, 5.41) is 0. The third-order valence-electron chi connectivity index (χ3n) is 2.36. The number of nitrogens with two attached hydrogens (primary N) is 1. The van der Waals surface area contributed by atoms with Gasteiger partial charge in [0.05, 0.1) is 0 Å². The van der Waals surface area contributed by atoms with Crippen molar-refractivity contribution >= 4 is 5.69 Å². The first-order valence-corrected chi connectivity index (χ1v) is 5.47. The van der Waals surface area contributed by atoms with Gasteiger partial charge in [-0.2, -0.15) is 0 Å². The maximum Gasteiger partial charge on any atom is 0.159 e. The molecule has 2 N–H and O–H groups in total. The molecule has 0 fully saturated rings. The highest BCUT2D eigenvalue weighted by Gasteiger charge is 2.02. The summed E-state index contributed by atoms with van der Waals surface area (Å²) < 4.78 is 0. The van der Waals surface area contributed by atoms with Gasteiger partial charge in [0.1, 0.15) is 0 Å². The molecule has 82 valence electrons. The van der Waals surface area contributed by atoms with E-state index >= 15 is 0 Å². The lowest BCUT2D eigenvalue weighted by Gasteiger charge is -2.03. The largest absolute Gasteiger partial charge is 0.399 e. The Morgan fingerprint density at radius 3 is 2.88 bits per heavy atom. The fourth-order valence-electron chi connectivity index (χ4n) is 1.61. The SMILES string of the molecule is CCCc1ccnc(-c2cccc(N)c2)n1. The summed E-state index contributed by atoms with van der Waals surface area (Å²) >= 11 is 0. The van der Waals surface area contributed by atoms with Crippen LogP contribution in [0.3, 0.4) is 0 Å². The quantitative estimate of drug-likeness (QED) is 0.797. The molecule has 0 unspecified atom stereocenters. The standard InChI is InChI=1S/C13H15N3/c1-2-4-12-7-8-15-13(16-12)10-5-3-6-11(14)9-10/h3,5-9H,2,4,14H2,1H3. The molecule has 0 aliphatic rings. The van der Waals surface area contributed by atoms with E-state index in [0.29, 0.717) is 0 Å². The molecule has 1 aromatic carbocycles. The molecule has 0 spiro atoms. The molecule has 0 amide bonds. The lowest BCUT2D eigenvalue weighted by molar-refractivity contribution is 0.875. The number of aryl methyl sites for hydroxylation is 1. The van der Waals surface area contributed by atoms with E-state index in [2.05, 4.69) is 16.9 Å². The van der Waals surface area contributed by atoms with Crippen molar-refractivity contribution in [2.24, 2.45) is 0 Å². The molecule has 0 bridgehead atoms. The van der Waals surface area contributed by atoms with Crippen LogP contribution in [-0.4, -0.2) is 9.97 Å². The molecule has 2 rings (SSSR count). The van der Waals surface area contributed by atoms with Gasteiger partial charge in [0.25, 0.3) is 0 Å². The third-order valence-corrected chi connectivity index (χ3v) is 2.36. The van der Waals surface area contributed by atoms with E-state index in [1.165, 1.54) is 0 Å². The zero-order valence-corrected chi connectivity index (χ0v) is 9.35. The number of benzene rings is 1. The minimum Gasteiger partial charge on any atom is -0.399 e. The van der Waals surface area contributed by atoms with Crippen molar-refractivity contribution in [3.63, 3.8) is 0 Å². The maximum atomic E-state index is 5.74. The van der Waals surface area contributed by atoms with Crippen molar-refractivity contribution in [3.05, 3.63) is 42.2 Å². The first-order chi connectivity index (χ1) is 7.79. The van der Waals surface area contributed by atoms with E-state index in [4.69, 9.17) is 5.73 Å². The number of nitrogens with zero attached hydrogens (tertiary/aromatic N) is 2. The van der Waals surface area contributed by atoms with Crippen molar-refractivity contribution in [2.75, 3.05) is 5.73 Å². The second kappa shape index (κ2) is 4.75. The van der Waals surface area contributed by atoms with Crippen LogP contribution in [0.4, 0.5) is 5.69 Å². The smallest absolute Gasteiger partial charge is 0.159 e. The second-order valence-corrected chi connectivity index (χ2v) is 3.75. The lowest BCUT2D eigenvalue weighted by Crippen LogP contribution is -1.95. The molecule has 3 nitrogen and oxygen atoms in total. The van der Waals surface area contributed by atoms with Gasteiger partial charge in [0.15, 0.2) is 5.82 Å². The summed E-state index contributed by atoms with van der Waals surface area (Å²) in [5.41, 5.74) is 8.52. The summed E-state index contributed by atoms with van der Waals surface area (Å²) in [6.45, 7) is 2.14. The van der Waals surface area contributed by atoms with Gasteiger partial charge in [-0.05, 0) is 24.6 Å². The first kappa shape index (κ1) is 10.6. The second-order valence-electron chi connectivity index (χ2n) is 3.75. The van der Waals surface area contributed by atoms with E-state index in [-0.39, 0.29) is 0 Å². The van der Waals surface area contributed by atoms with Crippen LogP contribution in [0.15, 0.2) is 36.5 Å². The monoisotopic (exact) mass is 213 g/mol. The maximum absolute atomic E-state index is 5.74. The van der Waals surface area contributed by atoms with Crippen LogP contribution in [0.25, 0.3) is 11.4 Å². The van der Waals surface area contributed by atoms with Gasteiger partial charge in [-0.3, -0.25) is 0 Å². The van der Waals surface area contributed by atoms with E-state index in [0.717, 1.165) is 35.6 Å². The van der Waals surface area contributed by atoms with E-state index in [1.54, 1.807) is 6.20 Å². The normalized spacial score (nSPS) is 10.3. The third kappa shape index (κ3) is 2.37. The van der Waals surface area contributed by atoms with Crippen molar-refractivity contribution in [1.29, 1.82) is 0 Å². The van der Waals surface area contributed by atoms with Crippen molar-refractivity contribution < 1.29 is 0 Å². The molecule has 0 atom stereocenters. The molecule has 0 aliphatic carbocycles. The number of rotatable bonds is 3. The molecule has 0 saturated carbocycles. The van der Waals surface area contributed by atoms with Gasteiger partial charge in [-0.1, -0.05) is 25.5 Å². The lowest BCUT2D eigenvalue weighted by atomic mass is 10.2. The molecular weight excluding hydrogens is 198 g/mol. The molecule has 16 heavy (non-hydrogen) atoms. The summed E-state index contributed by atoms with van der Waals surface area (Å²) in [6, 6.07) is 9.60.